The SMILES string of the molecule is CC(C)=O.CCCCCCc1ccsc1. The average molecular weight is 226 g/mol. The van der Waals surface area contributed by atoms with E-state index in [1.165, 1.54) is 51.5 Å². The number of carbonyl (C=O) groups excluding carboxylic acids is 1. The van der Waals surface area contributed by atoms with E-state index in [4.69, 9.17) is 0 Å². The van der Waals surface area contributed by atoms with Crippen LogP contribution in [0.5, 0.6) is 0 Å². The normalized spacial score (nSPS) is 9.27. The first-order valence-electron chi connectivity index (χ1n) is 5.65. The quantitative estimate of drug-likeness (QED) is 0.677. The average Bonchev–Trinajstić information content (AvgIpc) is 2.64. The van der Waals surface area contributed by atoms with Gasteiger partial charge in [-0.2, -0.15) is 11.3 Å². The Bertz CT molecular complexity index is 235. The van der Waals surface area contributed by atoms with Crippen LogP contribution in [0.2, 0.25) is 0 Å². The molecule has 0 aliphatic heterocycles. The topological polar surface area (TPSA) is 17.1 Å². The molecule has 0 aliphatic carbocycles. The van der Waals surface area contributed by atoms with E-state index in [0.717, 1.165) is 0 Å². The van der Waals surface area contributed by atoms with E-state index in [2.05, 4.69) is 23.8 Å². The summed E-state index contributed by atoms with van der Waals surface area (Å²) in [6, 6.07) is 2.23. The first kappa shape index (κ1) is 14.4. The van der Waals surface area contributed by atoms with Crippen molar-refractivity contribution in [1.29, 1.82) is 0 Å². The van der Waals surface area contributed by atoms with E-state index < -0.39 is 0 Å². The van der Waals surface area contributed by atoms with E-state index in [1.807, 2.05) is 0 Å². The molecule has 1 aromatic rings. The molecule has 0 unspecified atom stereocenters. The van der Waals surface area contributed by atoms with Crippen molar-refractivity contribution < 1.29 is 4.79 Å². The fourth-order valence-corrected chi connectivity index (χ4v) is 1.89. The lowest BCUT2D eigenvalue weighted by Crippen LogP contribution is -1.81. The summed E-state index contributed by atoms with van der Waals surface area (Å²) in [5.41, 5.74) is 1.52. The maximum atomic E-state index is 9.44. The Kier molecular flexibility index (Phi) is 9.49. The molecule has 1 aromatic heterocycles. The molecule has 1 nitrogen and oxygen atoms in total. The lowest BCUT2D eigenvalue weighted by Gasteiger charge is -1.96. The lowest BCUT2D eigenvalue weighted by molar-refractivity contribution is -0.114. The molecule has 0 spiro atoms. The number of Topliss-reactive ketones (excluding diaryl/α,β-unsaturated/α-hetero) is 1. The van der Waals surface area contributed by atoms with Crippen LogP contribution in [0.1, 0.15) is 52.0 Å². The molecular formula is C13H22OS. The van der Waals surface area contributed by atoms with Gasteiger partial charge in [-0.1, -0.05) is 26.2 Å². The highest BCUT2D eigenvalue weighted by Crippen LogP contribution is 2.10. The van der Waals surface area contributed by atoms with Crippen molar-refractivity contribution in [3.63, 3.8) is 0 Å². The number of hydrogen-bond donors (Lipinski definition) is 0. The van der Waals surface area contributed by atoms with Crippen molar-refractivity contribution >= 4 is 17.1 Å². The number of ketones is 1. The van der Waals surface area contributed by atoms with Gasteiger partial charge >= 0.3 is 0 Å². The number of aryl methyl sites for hydroxylation is 1. The molecule has 0 aliphatic rings. The Hall–Kier alpha value is -0.630. The molecule has 0 saturated heterocycles. The van der Waals surface area contributed by atoms with Gasteiger partial charge in [0.2, 0.25) is 0 Å². The fraction of sp³-hybridized carbons (Fsp3) is 0.615. The maximum Gasteiger partial charge on any atom is 0.126 e. The van der Waals surface area contributed by atoms with Crippen LogP contribution >= 0.6 is 11.3 Å². The Morgan fingerprint density at radius 1 is 1.27 bits per heavy atom. The van der Waals surface area contributed by atoms with Crippen molar-refractivity contribution in [2.75, 3.05) is 0 Å². The first-order valence-corrected chi connectivity index (χ1v) is 6.59. The number of thiophene rings is 1. The first-order chi connectivity index (χ1) is 7.16. The van der Waals surface area contributed by atoms with E-state index in [0.29, 0.717) is 0 Å². The van der Waals surface area contributed by atoms with Crippen LogP contribution < -0.4 is 0 Å². The zero-order valence-corrected chi connectivity index (χ0v) is 10.9. The Balaban J connectivity index is 0.000000423. The molecule has 0 atom stereocenters. The van der Waals surface area contributed by atoms with Crippen molar-refractivity contribution in [2.24, 2.45) is 0 Å². The van der Waals surface area contributed by atoms with Gasteiger partial charge in [0.1, 0.15) is 5.78 Å². The van der Waals surface area contributed by atoms with E-state index in [-0.39, 0.29) is 5.78 Å². The molecule has 0 saturated carbocycles. The zero-order valence-electron chi connectivity index (χ0n) is 10.1. The fourth-order valence-electron chi connectivity index (χ4n) is 1.19. The number of unbranched alkanes of at least 4 members (excludes halogenated alkanes) is 3. The van der Waals surface area contributed by atoms with Crippen LogP contribution in [0.4, 0.5) is 0 Å². The van der Waals surface area contributed by atoms with Gasteiger partial charge < -0.3 is 4.79 Å². The monoisotopic (exact) mass is 226 g/mol. The van der Waals surface area contributed by atoms with Gasteiger partial charge in [-0.05, 0) is 49.1 Å². The highest BCUT2D eigenvalue weighted by Gasteiger charge is 1.91. The second-order valence-electron chi connectivity index (χ2n) is 3.85. The molecule has 0 aromatic carbocycles. The summed E-state index contributed by atoms with van der Waals surface area (Å²) in [7, 11) is 0. The second-order valence-corrected chi connectivity index (χ2v) is 4.63. The van der Waals surface area contributed by atoms with Gasteiger partial charge in [0.25, 0.3) is 0 Å². The highest BCUT2D eigenvalue weighted by molar-refractivity contribution is 7.07. The number of hydrogen-bond acceptors (Lipinski definition) is 2. The smallest absolute Gasteiger partial charge is 0.126 e. The van der Waals surface area contributed by atoms with E-state index in [1.54, 1.807) is 11.3 Å². The summed E-state index contributed by atoms with van der Waals surface area (Å²) in [6.07, 6.45) is 6.77. The summed E-state index contributed by atoms with van der Waals surface area (Å²) in [4.78, 5) is 9.44. The van der Waals surface area contributed by atoms with Gasteiger partial charge in [0, 0.05) is 0 Å². The number of carbonyl (C=O) groups is 1. The highest BCUT2D eigenvalue weighted by atomic mass is 32.1. The molecule has 1 heterocycles. The molecule has 86 valence electrons. The third-order valence-electron chi connectivity index (χ3n) is 1.90. The summed E-state index contributed by atoms with van der Waals surface area (Å²) >= 11 is 1.80. The molecule has 0 fully saturated rings. The third-order valence-corrected chi connectivity index (χ3v) is 2.63. The zero-order chi connectivity index (χ0) is 11.5. The van der Waals surface area contributed by atoms with Crippen LogP contribution in [0, 0.1) is 0 Å². The minimum Gasteiger partial charge on any atom is -0.300 e. The molecule has 0 bridgehead atoms. The Labute approximate surface area is 97.5 Å². The molecule has 0 N–H and O–H groups in total. The van der Waals surface area contributed by atoms with Crippen LogP contribution in [-0.2, 0) is 11.2 Å². The van der Waals surface area contributed by atoms with Crippen LogP contribution in [-0.4, -0.2) is 5.78 Å². The minimum atomic E-state index is 0.167. The van der Waals surface area contributed by atoms with Crippen LogP contribution in [0.3, 0.4) is 0 Å². The van der Waals surface area contributed by atoms with E-state index >= 15 is 0 Å². The molecule has 1 rings (SSSR count). The van der Waals surface area contributed by atoms with Gasteiger partial charge in [-0.15, -0.1) is 0 Å². The lowest BCUT2D eigenvalue weighted by atomic mass is 10.1. The molecule has 0 amide bonds. The maximum absolute atomic E-state index is 9.44. The third kappa shape index (κ3) is 11.3. The summed E-state index contributed by atoms with van der Waals surface area (Å²) in [5, 5.41) is 4.42. The van der Waals surface area contributed by atoms with Crippen molar-refractivity contribution in [2.45, 2.75) is 52.9 Å². The van der Waals surface area contributed by atoms with Crippen LogP contribution in [0.15, 0.2) is 16.8 Å². The summed E-state index contributed by atoms with van der Waals surface area (Å²) in [5.74, 6) is 0.167. The Morgan fingerprint density at radius 2 is 1.93 bits per heavy atom. The predicted molar refractivity (Wildman–Crippen MR) is 68.5 cm³/mol. The second kappa shape index (κ2) is 9.91. The predicted octanol–water partition coefficient (Wildman–Crippen LogP) is 4.47. The summed E-state index contributed by atoms with van der Waals surface area (Å²) in [6.45, 7) is 5.31. The molecular weight excluding hydrogens is 204 g/mol. The van der Waals surface area contributed by atoms with Crippen molar-refractivity contribution in [3.8, 4) is 0 Å². The minimum absolute atomic E-state index is 0.167. The van der Waals surface area contributed by atoms with Crippen molar-refractivity contribution in [1.82, 2.24) is 0 Å². The van der Waals surface area contributed by atoms with Gasteiger partial charge in [-0.25, -0.2) is 0 Å². The van der Waals surface area contributed by atoms with Gasteiger partial charge in [0.15, 0.2) is 0 Å². The molecule has 15 heavy (non-hydrogen) atoms. The molecule has 2 heteroatoms. The Morgan fingerprint density at radius 3 is 2.40 bits per heavy atom. The van der Waals surface area contributed by atoms with E-state index in [9.17, 15) is 4.79 Å². The van der Waals surface area contributed by atoms with Crippen LogP contribution in [0.25, 0.3) is 0 Å². The summed E-state index contributed by atoms with van der Waals surface area (Å²) < 4.78 is 0. The van der Waals surface area contributed by atoms with Crippen molar-refractivity contribution in [3.05, 3.63) is 22.4 Å². The largest absolute Gasteiger partial charge is 0.300 e. The van der Waals surface area contributed by atoms with Gasteiger partial charge in [0.05, 0.1) is 0 Å². The molecule has 0 radical (unpaired) electrons. The standard InChI is InChI=1S/C10H16S.C3H6O/c1-2-3-4-5-6-10-7-8-11-9-10;1-3(2)4/h7-9H,2-6H2,1H3;1-2H3. The van der Waals surface area contributed by atoms with Gasteiger partial charge in [-0.3, -0.25) is 0 Å². The number of rotatable bonds is 5.